The Hall–Kier alpha value is -3.74. The first-order chi connectivity index (χ1) is 17.1. The summed E-state index contributed by atoms with van der Waals surface area (Å²) in [7, 11) is 0. The van der Waals surface area contributed by atoms with Gasteiger partial charge < -0.3 is 14.5 Å². The van der Waals surface area contributed by atoms with E-state index in [1.807, 2.05) is 77.1 Å². The number of amides is 1. The van der Waals surface area contributed by atoms with Crippen molar-refractivity contribution in [2.45, 2.75) is 46.6 Å². The second-order valence-electron chi connectivity index (χ2n) is 10.2. The van der Waals surface area contributed by atoms with Gasteiger partial charge in [-0.1, -0.05) is 35.9 Å². The van der Waals surface area contributed by atoms with Crippen molar-refractivity contribution in [1.29, 1.82) is 0 Å². The molecule has 3 heterocycles. The van der Waals surface area contributed by atoms with Crippen LogP contribution >= 0.6 is 0 Å². The first-order valence-corrected chi connectivity index (χ1v) is 12.4. The van der Waals surface area contributed by atoms with Gasteiger partial charge in [0, 0.05) is 49.2 Å². The Labute approximate surface area is 213 Å². The minimum atomic E-state index is -0.525. The molecule has 36 heavy (non-hydrogen) atoms. The topological polar surface area (TPSA) is 75.6 Å². The highest BCUT2D eigenvalue weighted by atomic mass is 16.6. The van der Waals surface area contributed by atoms with Crippen LogP contribution in [0.4, 0.5) is 10.6 Å². The molecule has 0 N–H and O–H groups in total. The number of carbonyl (C=O) groups is 2. The third kappa shape index (κ3) is 6.08. The summed E-state index contributed by atoms with van der Waals surface area (Å²) >= 11 is 0. The predicted molar refractivity (Wildman–Crippen MR) is 141 cm³/mol. The van der Waals surface area contributed by atoms with Gasteiger partial charge in [0.2, 0.25) is 5.78 Å². The van der Waals surface area contributed by atoms with Crippen LogP contribution in [-0.2, 0) is 4.74 Å². The van der Waals surface area contributed by atoms with E-state index >= 15 is 0 Å². The molecule has 0 saturated carbocycles. The van der Waals surface area contributed by atoms with Crippen LogP contribution in [-0.4, -0.2) is 58.5 Å². The number of hydrogen-bond acceptors (Lipinski definition) is 6. The van der Waals surface area contributed by atoms with Crippen LogP contribution < -0.4 is 4.90 Å². The average molecular weight is 487 g/mol. The number of anilines is 1. The molecule has 7 heteroatoms. The minimum Gasteiger partial charge on any atom is -0.444 e. The Morgan fingerprint density at radius 1 is 0.917 bits per heavy atom. The van der Waals surface area contributed by atoms with Crippen molar-refractivity contribution in [1.82, 2.24) is 14.9 Å². The van der Waals surface area contributed by atoms with Gasteiger partial charge in [-0.15, -0.1) is 0 Å². The highest BCUT2D eigenvalue weighted by Crippen LogP contribution is 2.24. The Balaban J connectivity index is 1.52. The molecule has 1 aromatic carbocycles. The summed E-state index contributed by atoms with van der Waals surface area (Å²) in [6, 6.07) is 15.6. The molecule has 1 fully saturated rings. The number of carbonyl (C=O) groups excluding carboxylic acids is 2. The van der Waals surface area contributed by atoms with Crippen molar-refractivity contribution >= 4 is 17.7 Å². The molecule has 1 aliphatic rings. The van der Waals surface area contributed by atoms with Gasteiger partial charge in [0.05, 0.1) is 0 Å². The Morgan fingerprint density at radius 3 is 2.39 bits per heavy atom. The summed E-state index contributed by atoms with van der Waals surface area (Å²) in [5.74, 6) is 0.577. The number of hydrogen-bond donors (Lipinski definition) is 0. The van der Waals surface area contributed by atoms with Crippen LogP contribution in [0.5, 0.6) is 0 Å². The maximum Gasteiger partial charge on any atom is 0.410 e. The van der Waals surface area contributed by atoms with E-state index in [2.05, 4.69) is 9.88 Å². The first-order valence-electron chi connectivity index (χ1n) is 12.4. The van der Waals surface area contributed by atoms with Crippen LogP contribution in [0.2, 0.25) is 0 Å². The molecule has 1 aliphatic heterocycles. The van der Waals surface area contributed by atoms with Gasteiger partial charge in [-0.3, -0.25) is 9.78 Å². The quantitative estimate of drug-likeness (QED) is 0.457. The molecule has 1 amide bonds. The van der Waals surface area contributed by atoms with Crippen LogP contribution in [0.3, 0.4) is 0 Å². The Kier molecular flexibility index (Phi) is 7.38. The smallest absolute Gasteiger partial charge is 0.410 e. The molecular formula is C29H34N4O3. The number of ether oxygens (including phenoxy) is 1. The maximum absolute atomic E-state index is 13.5. The summed E-state index contributed by atoms with van der Waals surface area (Å²) in [6.45, 7) is 12.0. The first kappa shape index (κ1) is 25.4. The molecule has 188 valence electrons. The van der Waals surface area contributed by atoms with E-state index < -0.39 is 5.60 Å². The molecule has 0 unspecified atom stereocenters. The van der Waals surface area contributed by atoms with E-state index in [0.29, 0.717) is 36.6 Å². The minimum absolute atomic E-state index is 0.152. The fourth-order valence-corrected chi connectivity index (χ4v) is 4.19. The monoisotopic (exact) mass is 486 g/mol. The van der Waals surface area contributed by atoms with Gasteiger partial charge in [-0.05, 0) is 64.8 Å². The normalized spacial score (nSPS) is 14.4. The van der Waals surface area contributed by atoms with E-state index in [4.69, 9.17) is 9.72 Å². The van der Waals surface area contributed by atoms with Crippen LogP contribution in [0, 0.1) is 13.8 Å². The number of aryl methyl sites for hydroxylation is 2. The van der Waals surface area contributed by atoms with Crippen LogP contribution in [0.25, 0.3) is 11.1 Å². The molecule has 0 aliphatic carbocycles. The van der Waals surface area contributed by atoms with Gasteiger partial charge >= 0.3 is 6.09 Å². The number of aromatic nitrogens is 2. The van der Waals surface area contributed by atoms with Crippen molar-refractivity contribution in [3.05, 3.63) is 77.2 Å². The number of benzene rings is 1. The number of rotatable bonds is 4. The van der Waals surface area contributed by atoms with Gasteiger partial charge in [-0.25, -0.2) is 9.78 Å². The summed E-state index contributed by atoms with van der Waals surface area (Å²) in [5, 5.41) is 0. The molecule has 2 aromatic heterocycles. The second-order valence-corrected chi connectivity index (χ2v) is 10.2. The van der Waals surface area contributed by atoms with E-state index in [0.717, 1.165) is 29.9 Å². The van der Waals surface area contributed by atoms with E-state index in [1.54, 1.807) is 17.2 Å². The Bertz CT molecular complexity index is 1250. The lowest BCUT2D eigenvalue weighted by Crippen LogP contribution is -2.39. The maximum atomic E-state index is 13.5. The average Bonchev–Trinajstić information content (AvgIpc) is 3.10. The lowest BCUT2D eigenvalue weighted by molar-refractivity contribution is 0.0263. The van der Waals surface area contributed by atoms with Gasteiger partial charge in [-0.2, -0.15) is 0 Å². The van der Waals surface area contributed by atoms with Crippen molar-refractivity contribution < 1.29 is 14.3 Å². The van der Waals surface area contributed by atoms with Crippen LogP contribution in [0.1, 0.15) is 54.5 Å². The third-order valence-corrected chi connectivity index (χ3v) is 6.16. The molecule has 0 spiro atoms. The zero-order valence-corrected chi connectivity index (χ0v) is 21.7. The van der Waals surface area contributed by atoms with E-state index in [9.17, 15) is 9.59 Å². The van der Waals surface area contributed by atoms with Crippen LogP contribution in [0.15, 0.2) is 54.7 Å². The van der Waals surface area contributed by atoms with Crippen molar-refractivity contribution in [2.24, 2.45) is 0 Å². The fourth-order valence-electron chi connectivity index (χ4n) is 4.19. The number of pyridine rings is 2. The highest BCUT2D eigenvalue weighted by molar-refractivity contribution is 6.09. The molecule has 4 rings (SSSR count). The molecule has 0 radical (unpaired) electrons. The van der Waals surface area contributed by atoms with Crippen molar-refractivity contribution in [2.75, 3.05) is 31.1 Å². The molecule has 3 aromatic rings. The number of ketones is 1. The highest BCUT2D eigenvalue weighted by Gasteiger charge is 2.25. The molecule has 7 nitrogen and oxygen atoms in total. The zero-order valence-electron chi connectivity index (χ0n) is 21.7. The lowest BCUT2D eigenvalue weighted by Gasteiger charge is -2.26. The second kappa shape index (κ2) is 10.5. The van der Waals surface area contributed by atoms with Gasteiger partial charge in [0.25, 0.3) is 0 Å². The van der Waals surface area contributed by atoms with Crippen molar-refractivity contribution in [3.63, 3.8) is 0 Å². The molecule has 1 saturated heterocycles. The van der Waals surface area contributed by atoms with Gasteiger partial charge in [0.15, 0.2) is 0 Å². The summed E-state index contributed by atoms with van der Waals surface area (Å²) in [4.78, 5) is 39.1. The summed E-state index contributed by atoms with van der Waals surface area (Å²) < 4.78 is 5.53. The molecule has 0 bridgehead atoms. The Morgan fingerprint density at radius 2 is 1.67 bits per heavy atom. The van der Waals surface area contributed by atoms with Crippen molar-refractivity contribution in [3.8, 4) is 11.1 Å². The van der Waals surface area contributed by atoms with E-state index in [-0.39, 0.29) is 11.9 Å². The summed E-state index contributed by atoms with van der Waals surface area (Å²) in [5.41, 5.74) is 4.17. The third-order valence-electron chi connectivity index (χ3n) is 6.16. The standard InChI is InChI=1S/C29H34N4O3/c1-20-10-12-22(13-11-20)23-18-24(21(2)30-19-23)27(34)25-8-6-9-26(31-25)32-14-7-15-33(17-16-32)28(35)36-29(3,4)5/h6,8-13,18-19H,7,14-17H2,1-5H3. The fraction of sp³-hybridized carbons (Fsp3) is 0.379. The SMILES string of the molecule is Cc1ccc(-c2cnc(C)c(C(=O)c3cccc(N4CCCN(C(=O)OC(C)(C)C)CC4)n3)c2)cc1. The lowest BCUT2D eigenvalue weighted by atomic mass is 10.00. The zero-order chi connectivity index (χ0) is 25.9. The van der Waals surface area contributed by atoms with E-state index in [1.165, 1.54) is 5.56 Å². The summed E-state index contributed by atoms with van der Waals surface area (Å²) in [6.07, 6.45) is 2.30. The predicted octanol–water partition coefficient (Wildman–Crippen LogP) is 5.44. The molecule has 0 atom stereocenters. The molecular weight excluding hydrogens is 452 g/mol. The number of nitrogens with zero attached hydrogens (tertiary/aromatic N) is 4. The van der Waals surface area contributed by atoms with Gasteiger partial charge in [0.1, 0.15) is 17.1 Å². The largest absolute Gasteiger partial charge is 0.444 e.